The topological polar surface area (TPSA) is 105 Å². The van der Waals surface area contributed by atoms with Gasteiger partial charge in [0.05, 0.1) is 29.8 Å². The van der Waals surface area contributed by atoms with Crippen LogP contribution in [-0.2, 0) is 26.2 Å². The van der Waals surface area contributed by atoms with Gasteiger partial charge in [-0.15, -0.1) is 0 Å². The van der Waals surface area contributed by atoms with Crippen molar-refractivity contribution in [3.05, 3.63) is 82.9 Å². The number of unbranched alkanes of at least 4 members (excludes halogenated alkanes) is 1. The van der Waals surface area contributed by atoms with Crippen molar-refractivity contribution in [2.45, 2.75) is 57.5 Å². The summed E-state index contributed by atoms with van der Waals surface area (Å²) in [5.74, 6) is 0.108. The van der Waals surface area contributed by atoms with Gasteiger partial charge in [0.1, 0.15) is 24.1 Å². The van der Waals surface area contributed by atoms with E-state index in [4.69, 9.17) is 21.1 Å². The number of nitrogens with zero attached hydrogens (tertiary/aromatic N) is 2. The summed E-state index contributed by atoms with van der Waals surface area (Å²) in [4.78, 5) is 29.0. The van der Waals surface area contributed by atoms with Crippen LogP contribution in [0.15, 0.2) is 71.6 Å². The highest BCUT2D eigenvalue weighted by atomic mass is 35.5. The minimum absolute atomic E-state index is 0.0153. The Labute approximate surface area is 259 Å². The van der Waals surface area contributed by atoms with Crippen molar-refractivity contribution in [3.63, 3.8) is 0 Å². The molecule has 0 spiro atoms. The third kappa shape index (κ3) is 8.64. The maximum absolute atomic E-state index is 14.2. The molecular weight excluding hydrogens is 590 g/mol. The largest absolute Gasteiger partial charge is 0.497 e. The van der Waals surface area contributed by atoms with Crippen LogP contribution in [-0.4, -0.2) is 58.5 Å². The van der Waals surface area contributed by atoms with Crippen LogP contribution in [0.3, 0.4) is 0 Å². The van der Waals surface area contributed by atoms with Gasteiger partial charge < -0.3 is 19.7 Å². The number of carbonyl (C=O) groups excluding carboxylic acids is 2. The molecule has 0 bridgehead atoms. The lowest BCUT2D eigenvalue weighted by Crippen LogP contribution is -2.52. The highest BCUT2D eigenvalue weighted by Crippen LogP contribution is 2.32. The number of aryl methyl sites for hydroxylation is 1. The van der Waals surface area contributed by atoms with Gasteiger partial charge in [0.25, 0.3) is 10.0 Å². The van der Waals surface area contributed by atoms with Crippen LogP contribution >= 0.6 is 11.6 Å². The number of rotatable bonds is 15. The zero-order chi connectivity index (χ0) is 31.6. The average Bonchev–Trinajstić information content (AvgIpc) is 3.00. The number of ether oxygens (including phenoxy) is 2. The van der Waals surface area contributed by atoms with Gasteiger partial charge in [-0.2, -0.15) is 0 Å². The Balaban J connectivity index is 2.08. The molecular formula is C32H40ClN3O6S. The van der Waals surface area contributed by atoms with E-state index in [1.54, 1.807) is 43.5 Å². The zero-order valence-electron chi connectivity index (χ0n) is 25.3. The second-order valence-electron chi connectivity index (χ2n) is 10.1. The third-order valence-electron chi connectivity index (χ3n) is 7.01. The lowest BCUT2D eigenvalue weighted by molar-refractivity contribution is -0.140. The molecule has 3 aromatic carbocycles. The number of nitrogens with one attached hydrogen (secondary N) is 1. The van der Waals surface area contributed by atoms with Crippen LogP contribution in [0.5, 0.6) is 11.5 Å². The molecule has 1 N–H and O–H groups in total. The second kappa shape index (κ2) is 15.6. The molecule has 0 radical (unpaired) electrons. The van der Waals surface area contributed by atoms with E-state index in [0.29, 0.717) is 24.5 Å². The van der Waals surface area contributed by atoms with Crippen LogP contribution < -0.4 is 19.1 Å². The Morgan fingerprint density at radius 2 is 1.70 bits per heavy atom. The maximum Gasteiger partial charge on any atom is 0.264 e. The van der Waals surface area contributed by atoms with E-state index in [1.165, 1.54) is 36.3 Å². The standard InChI is InChI=1S/C32H40ClN3O6S/c1-6-8-18-34-32(38)29(7-2)35(21-24-10-9-11-26(19-24)41-4)31(37)22-36(25-14-17-30(42-5)28(33)20-25)43(39,40)27-15-12-23(3)13-16-27/h9-17,19-20,29H,6-8,18,21-22H2,1-5H3,(H,34,38). The Morgan fingerprint density at radius 1 is 0.977 bits per heavy atom. The molecule has 0 aliphatic heterocycles. The highest BCUT2D eigenvalue weighted by molar-refractivity contribution is 7.92. The number of sulfonamides is 1. The molecule has 0 aliphatic rings. The summed E-state index contributed by atoms with van der Waals surface area (Å²) in [6, 6.07) is 17.3. The van der Waals surface area contributed by atoms with Gasteiger partial charge in [0.2, 0.25) is 11.8 Å². The molecule has 1 unspecified atom stereocenters. The number of hydrogen-bond donors (Lipinski definition) is 1. The fourth-order valence-corrected chi connectivity index (χ4v) is 6.23. The number of hydrogen-bond acceptors (Lipinski definition) is 6. The lowest BCUT2D eigenvalue weighted by atomic mass is 10.1. The fraction of sp³-hybridized carbons (Fsp3) is 0.375. The molecule has 0 aromatic heterocycles. The minimum Gasteiger partial charge on any atom is -0.497 e. The molecule has 11 heteroatoms. The first-order chi connectivity index (χ1) is 20.5. The third-order valence-corrected chi connectivity index (χ3v) is 9.10. The quantitative estimate of drug-likeness (QED) is 0.220. The van der Waals surface area contributed by atoms with Crippen LogP contribution in [0.4, 0.5) is 5.69 Å². The molecule has 3 aromatic rings. The van der Waals surface area contributed by atoms with Crippen molar-refractivity contribution >= 4 is 39.1 Å². The molecule has 0 aliphatic carbocycles. The van der Waals surface area contributed by atoms with Crippen molar-refractivity contribution in [1.29, 1.82) is 0 Å². The number of methoxy groups -OCH3 is 2. The van der Waals surface area contributed by atoms with Gasteiger partial charge in [-0.25, -0.2) is 8.42 Å². The van der Waals surface area contributed by atoms with Crippen LogP contribution in [0.2, 0.25) is 5.02 Å². The first-order valence-corrected chi connectivity index (χ1v) is 16.0. The van der Waals surface area contributed by atoms with Crippen LogP contribution in [0.25, 0.3) is 0 Å². The summed E-state index contributed by atoms with van der Waals surface area (Å²) < 4.78 is 39.7. The maximum atomic E-state index is 14.2. The fourth-order valence-electron chi connectivity index (χ4n) is 4.57. The molecule has 43 heavy (non-hydrogen) atoms. The molecule has 3 rings (SSSR count). The molecule has 0 heterocycles. The Hall–Kier alpha value is -3.76. The van der Waals surface area contributed by atoms with E-state index >= 15 is 0 Å². The predicted molar refractivity (Wildman–Crippen MR) is 169 cm³/mol. The zero-order valence-corrected chi connectivity index (χ0v) is 26.9. The summed E-state index contributed by atoms with van der Waals surface area (Å²) in [6.07, 6.45) is 2.03. The van der Waals surface area contributed by atoms with Gasteiger partial charge in [-0.05, 0) is 67.8 Å². The molecule has 232 valence electrons. The first kappa shape index (κ1) is 33.7. The van der Waals surface area contributed by atoms with Crippen molar-refractivity contribution in [1.82, 2.24) is 10.2 Å². The average molecular weight is 630 g/mol. The Morgan fingerprint density at radius 3 is 2.30 bits per heavy atom. The molecule has 0 saturated heterocycles. The summed E-state index contributed by atoms with van der Waals surface area (Å²) in [5.41, 5.74) is 1.80. The normalized spacial score (nSPS) is 11.9. The smallest absolute Gasteiger partial charge is 0.264 e. The number of anilines is 1. The highest BCUT2D eigenvalue weighted by Gasteiger charge is 2.34. The second-order valence-corrected chi connectivity index (χ2v) is 12.4. The number of amides is 2. The van der Waals surface area contributed by atoms with Crippen LogP contribution in [0, 0.1) is 6.92 Å². The van der Waals surface area contributed by atoms with Crippen molar-refractivity contribution in [3.8, 4) is 11.5 Å². The minimum atomic E-state index is -4.22. The SMILES string of the molecule is CCCCNC(=O)C(CC)N(Cc1cccc(OC)c1)C(=O)CN(c1ccc(OC)c(Cl)c1)S(=O)(=O)c1ccc(C)cc1. The molecule has 1 atom stereocenters. The Kier molecular flexibility index (Phi) is 12.3. The van der Waals surface area contributed by atoms with Crippen molar-refractivity contribution < 1.29 is 27.5 Å². The van der Waals surface area contributed by atoms with Crippen molar-refractivity contribution in [2.24, 2.45) is 0 Å². The van der Waals surface area contributed by atoms with Gasteiger partial charge in [0, 0.05) is 13.1 Å². The van der Waals surface area contributed by atoms with Gasteiger partial charge in [0.15, 0.2) is 0 Å². The number of benzene rings is 3. The lowest BCUT2D eigenvalue weighted by Gasteiger charge is -2.33. The van der Waals surface area contributed by atoms with E-state index in [0.717, 1.165) is 28.3 Å². The number of carbonyl (C=O) groups is 2. The van der Waals surface area contributed by atoms with E-state index in [2.05, 4.69) is 5.32 Å². The molecule has 0 saturated carbocycles. The van der Waals surface area contributed by atoms with E-state index in [9.17, 15) is 18.0 Å². The first-order valence-electron chi connectivity index (χ1n) is 14.2. The Bertz CT molecular complexity index is 1500. The molecule has 2 amide bonds. The summed E-state index contributed by atoms with van der Waals surface area (Å²) in [6.45, 7) is 5.68. The van der Waals surface area contributed by atoms with E-state index in [1.807, 2.05) is 26.8 Å². The molecule has 9 nitrogen and oxygen atoms in total. The van der Waals surface area contributed by atoms with Gasteiger partial charge in [-0.1, -0.05) is 61.7 Å². The van der Waals surface area contributed by atoms with Crippen LogP contribution in [0.1, 0.15) is 44.2 Å². The summed E-state index contributed by atoms with van der Waals surface area (Å²) in [7, 11) is -1.22. The van der Waals surface area contributed by atoms with E-state index < -0.39 is 28.5 Å². The van der Waals surface area contributed by atoms with Crippen molar-refractivity contribution in [2.75, 3.05) is 31.6 Å². The molecule has 0 fully saturated rings. The predicted octanol–water partition coefficient (Wildman–Crippen LogP) is 5.58. The number of halogens is 1. The summed E-state index contributed by atoms with van der Waals surface area (Å²) in [5, 5.41) is 3.11. The van der Waals surface area contributed by atoms with E-state index in [-0.39, 0.29) is 28.1 Å². The van der Waals surface area contributed by atoms with Gasteiger partial charge in [-0.3, -0.25) is 13.9 Å². The summed E-state index contributed by atoms with van der Waals surface area (Å²) >= 11 is 6.39. The van der Waals surface area contributed by atoms with Gasteiger partial charge >= 0.3 is 0 Å². The monoisotopic (exact) mass is 629 g/mol.